The molecule has 1 saturated heterocycles. The highest BCUT2D eigenvalue weighted by Crippen LogP contribution is 2.18. The summed E-state index contributed by atoms with van der Waals surface area (Å²) in [6, 6.07) is 6.45. The molecule has 0 amide bonds. The Labute approximate surface area is 107 Å². The third-order valence-corrected chi connectivity index (χ3v) is 3.49. The number of hydrogen-bond donors (Lipinski definition) is 1. The number of β-amino-alcohol motifs (C(OH)–C–C–N with tert-alkyl or cyclic N) is 1. The van der Waals surface area contributed by atoms with Crippen molar-refractivity contribution in [3.8, 4) is 0 Å². The van der Waals surface area contributed by atoms with Crippen molar-refractivity contribution in [1.29, 1.82) is 0 Å². The maximum Gasteiger partial charge on any atom is 0.123 e. The Morgan fingerprint density at radius 3 is 2.83 bits per heavy atom. The molecule has 1 aliphatic heterocycles. The Kier molecular flexibility index (Phi) is 4.69. The molecule has 3 nitrogen and oxygen atoms in total. The van der Waals surface area contributed by atoms with Crippen LogP contribution in [0.15, 0.2) is 24.3 Å². The summed E-state index contributed by atoms with van der Waals surface area (Å²) < 4.78 is 18.2. The molecule has 0 aliphatic carbocycles. The molecule has 1 aliphatic rings. The Balaban J connectivity index is 1.97. The summed E-state index contributed by atoms with van der Waals surface area (Å²) in [6.07, 6.45) is 0.405. The van der Waals surface area contributed by atoms with E-state index in [2.05, 4.69) is 11.8 Å². The smallest absolute Gasteiger partial charge is 0.123 e. The van der Waals surface area contributed by atoms with Gasteiger partial charge in [-0.15, -0.1) is 0 Å². The average Bonchev–Trinajstić information content (AvgIpc) is 2.56. The molecule has 18 heavy (non-hydrogen) atoms. The van der Waals surface area contributed by atoms with Crippen LogP contribution in [0.2, 0.25) is 0 Å². The standard InChI is InChI=1S/C14H20FNO2/c1-11-6-8-18-9-7-16(11)10-14(17)12-2-4-13(15)5-3-12/h2-5,11,14,17H,6-10H2,1H3. The summed E-state index contributed by atoms with van der Waals surface area (Å²) in [7, 11) is 0. The second-order valence-electron chi connectivity index (χ2n) is 4.81. The molecule has 1 fully saturated rings. The van der Waals surface area contributed by atoms with Gasteiger partial charge < -0.3 is 9.84 Å². The van der Waals surface area contributed by atoms with Crippen molar-refractivity contribution < 1.29 is 14.2 Å². The van der Waals surface area contributed by atoms with E-state index >= 15 is 0 Å². The van der Waals surface area contributed by atoms with Gasteiger partial charge in [0.2, 0.25) is 0 Å². The molecular weight excluding hydrogens is 233 g/mol. The van der Waals surface area contributed by atoms with Gasteiger partial charge in [0.25, 0.3) is 0 Å². The maximum atomic E-state index is 12.8. The van der Waals surface area contributed by atoms with Crippen LogP contribution in [-0.4, -0.2) is 42.4 Å². The van der Waals surface area contributed by atoms with Crippen molar-refractivity contribution in [3.05, 3.63) is 35.6 Å². The summed E-state index contributed by atoms with van der Waals surface area (Å²) in [5, 5.41) is 10.2. The molecule has 2 atom stereocenters. The molecule has 0 aromatic heterocycles. The summed E-state index contributed by atoms with van der Waals surface area (Å²) in [6.45, 7) is 5.03. The predicted octanol–water partition coefficient (Wildman–Crippen LogP) is 1.97. The molecular formula is C14H20FNO2. The van der Waals surface area contributed by atoms with E-state index in [9.17, 15) is 9.50 Å². The van der Waals surface area contributed by atoms with Gasteiger partial charge in [-0.2, -0.15) is 0 Å². The molecule has 0 bridgehead atoms. The fourth-order valence-corrected chi connectivity index (χ4v) is 2.22. The molecule has 4 heteroatoms. The van der Waals surface area contributed by atoms with Gasteiger partial charge in [0.05, 0.1) is 12.7 Å². The summed E-state index contributed by atoms with van der Waals surface area (Å²) in [5.74, 6) is -0.275. The minimum Gasteiger partial charge on any atom is -0.387 e. The predicted molar refractivity (Wildman–Crippen MR) is 67.8 cm³/mol. The van der Waals surface area contributed by atoms with Gasteiger partial charge in [0.1, 0.15) is 5.82 Å². The van der Waals surface area contributed by atoms with Crippen molar-refractivity contribution in [3.63, 3.8) is 0 Å². The lowest BCUT2D eigenvalue weighted by Crippen LogP contribution is -2.37. The quantitative estimate of drug-likeness (QED) is 0.894. The van der Waals surface area contributed by atoms with E-state index in [0.717, 1.165) is 25.1 Å². The molecule has 1 aromatic carbocycles. The van der Waals surface area contributed by atoms with Crippen molar-refractivity contribution in [2.24, 2.45) is 0 Å². The number of aliphatic hydroxyl groups is 1. The van der Waals surface area contributed by atoms with Crippen molar-refractivity contribution in [1.82, 2.24) is 4.90 Å². The van der Waals surface area contributed by atoms with Crippen molar-refractivity contribution in [2.75, 3.05) is 26.3 Å². The second kappa shape index (κ2) is 6.27. The molecule has 1 N–H and O–H groups in total. The van der Waals surface area contributed by atoms with Crippen LogP contribution in [0.1, 0.15) is 25.0 Å². The van der Waals surface area contributed by atoms with E-state index in [4.69, 9.17) is 4.74 Å². The minimum atomic E-state index is -0.578. The Hall–Kier alpha value is -0.970. The van der Waals surface area contributed by atoms with E-state index in [0.29, 0.717) is 19.2 Å². The molecule has 1 heterocycles. The van der Waals surface area contributed by atoms with E-state index in [1.807, 2.05) is 0 Å². The van der Waals surface area contributed by atoms with Crippen LogP contribution < -0.4 is 0 Å². The highest BCUT2D eigenvalue weighted by molar-refractivity contribution is 5.18. The van der Waals surface area contributed by atoms with Crippen LogP contribution in [0.3, 0.4) is 0 Å². The van der Waals surface area contributed by atoms with E-state index in [-0.39, 0.29) is 5.82 Å². The van der Waals surface area contributed by atoms with Gasteiger partial charge >= 0.3 is 0 Å². The average molecular weight is 253 g/mol. The number of rotatable bonds is 3. The first-order chi connectivity index (χ1) is 8.66. The van der Waals surface area contributed by atoms with Gasteiger partial charge in [-0.1, -0.05) is 12.1 Å². The number of nitrogens with zero attached hydrogens (tertiary/aromatic N) is 1. The third-order valence-electron chi connectivity index (χ3n) is 3.49. The van der Waals surface area contributed by atoms with Gasteiger partial charge in [-0.3, -0.25) is 4.90 Å². The molecule has 100 valence electrons. The van der Waals surface area contributed by atoms with E-state index in [1.165, 1.54) is 12.1 Å². The van der Waals surface area contributed by atoms with Crippen LogP contribution in [-0.2, 0) is 4.74 Å². The van der Waals surface area contributed by atoms with Gasteiger partial charge in [-0.25, -0.2) is 4.39 Å². The van der Waals surface area contributed by atoms with Gasteiger partial charge in [-0.05, 0) is 31.0 Å². The fourth-order valence-electron chi connectivity index (χ4n) is 2.22. The Morgan fingerprint density at radius 1 is 1.39 bits per heavy atom. The lowest BCUT2D eigenvalue weighted by Gasteiger charge is -2.28. The van der Waals surface area contributed by atoms with Crippen LogP contribution in [0, 0.1) is 5.82 Å². The van der Waals surface area contributed by atoms with Crippen LogP contribution in [0.4, 0.5) is 4.39 Å². The van der Waals surface area contributed by atoms with Crippen molar-refractivity contribution >= 4 is 0 Å². The topological polar surface area (TPSA) is 32.7 Å². The number of halogens is 1. The molecule has 0 radical (unpaired) electrons. The maximum absolute atomic E-state index is 12.8. The summed E-state index contributed by atoms with van der Waals surface area (Å²) in [5.41, 5.74) is 0.758. The first-order valence-electron chi connectivity index (χ1n) is 6.42. The lowest BCUT2D eigenvalue weighted by molar-refractivity contribution is 0.0883. The Morgan fingerprint density at radius 2 is 2.11 bits per heavy atom. The molecule has 2 unspecified atom stereocenters. The summed E-state index contributed by atoms with van der Waals surface area (Å²) in [4.78, 5) is 2.22. The molecule has 1 aromatic rings. The third kappa shape index (κ3) is 3.51. The van der Waals surface area contributed by atoms with Crippen LogP contribution in [0.5, 0.6) is 0 Å². The normalized spacial score (nSPS) is 23.6. The van der Waals surface area contributed by atoms with Gasteiger partial charge in [0.15, 0.2) is 0 Å². The lowest BCUT2D eigenvalue weighted by atomic mass is 10.1. The highest BCUT2D eigenvalue weighted by Gasteiger charge is 2.20. The number of aliphatic hydroxyl groups excluding tert-OH is 1. The zero-order chi connectivity index (χ0) is 13.0. The zero-order valence-electron chi connectivity index (χ0n) is 10.7. The fraction of sp³-hybridized carbons (Fsp3) is 0.571. The minimum absolute atomic E-state index is 0.275. The highest BCUT2D eigenvalue weighted by atomic mass is 19.1. The Bertz CT molecular complexity index is 369. The van der Waals surface area contributed by atoms with Crippen LogP contribution >= 0.6 is 0 Å². The van der Waals surface area contributed by atoms with Crippen molar-refractivity contribution in [2.45, 2.75) is 25.5 Å². The molecule has 0 saturated carbocycles. The SMILES string of the molecule is CC1CCOCCN1CC(O)c1ccc(F)cc1. The first kappa shape index (κ1) is 13.5. The first-order valence-corrected chi connectivity index (χ1v) is 6.42. The van der Waals surface area contributed by atoms with Gasteiger partial charge in [0, 0.05) is 25.7 Å². The molecule has 2 rings (SSSR count). The van der Waals surface area contributed by atoms with Crippen LogP contribution in [0.25, 0.3) is 0 Å². The zero-order valence-corrected chi connectivity index (χ0v) is 10.7. The van der Waals surface area contributed by atoms with E-state index < -0.39 is 6.10 Å². The monoisotopic (exact) mass is 253 g/mol. The number of benzene rings is 1. The van der Waals surface area contributed by atoms with E-state index in [1.54, 1.807) is 12.1 Å². The second-order valence-corrected chi connectivity index (χ2v) is 4.81. The molecule has 0 spiro atoms. The summed E-state index contributed by atoms with van der Waals surface area (Å²) >= 11 is 0. The largest absolute Gasteiger partial charge is 0.387 e. The number of ether oxygens (including phenoxy) is 1. The number of hydrogen-bond acceptors (Lipinski definition) is 3.